The number of fused-ring (bicyclic) bond motifs is 2. The molecule has 0 atom stereocenters. The first-order chi connectivity index (χ1) is 16.7. The Balaban J connectivity index is 1.18. The number of hydrogen-bond donors (Lipinski definition) is 2. The molecule has 0 fully saturated rings. The highest BCUT2D eigenvalue weighted by Gasteiger charge is 2.14. The van der Waals surface area contributed by atoms with E-state index in [2.05, 4.69) is 16.4 Å². The Labute approximate surface area is 201 Å². The number of carbonyl (C=O) groups is 1. The molecular formula is C28H23FN2O2S. The Bertz CT molecular complexity index is 1450. The van der Waals surface area contributed by atoms with Crippen molar-refractivity contribution in [1.82, 2.24) is 10.3 Å². The maximum Gasteiger partial charge on any atom is 0.257 e. The van der Waals surface area contributed by atoms with Gasteiger partial charge in [-0.2, -0.15) is 0 Å². The first-order valence-corrected chi connectivity index (χ1v) is 12.0. The van der Waals surface area contributed by atoms with Gasteiger partial charge < -0.3 is 15.0 Å². The minimum absolute atomic E-state index is 0.0308. The molecular weight excluding hydrogens is 447 g/mol. The van der Waals surface area contributed by atoms with Crippen LogP contribution >= 0.6 is 11.8 Å². The largest absolute Gasteiger partial charge is 0.484 e. The number of thioether (sulfide) groups is 1. The van der Waals surface area contributed by atoms with E-state index >= 15 is 0 Å². The summed E-state index contributed by atoms with van der Waals surface area (Å²) in [5.41, 5.74) is 2.90. The van der Waals surface area contributed by atoms with Gasteiger partial charge in [0.25, 0.3) is 5.91 Å². The van der Waals surface area contributed by atoms with E-state index in [9.17, 15) is 9.18 Å². The summed E-state index contributed by atoms with van der Waals surface area (Å²) in [5, 5.41) is 6.24. The summed E-state index contributed by atoms with van der Waals surface area (Å²) in [7, 11) is 0. The molecule has 1 amide bonds. The Kier molecular flexibility index (Phi) is 6.49. The van der Waals surface area contributed by atoms with Gasteiger partial charge >= 0.3 is 0 Å². The normalized spacial score (nSPS) is 11.1. The number of benzene rings is 4. The molecule has 0 aliphatic carbocycles. The lowest BCUT2D eigenvalue weighted by Gasteiger charge is -2.09. The number of hydrogen-bond acceptors (Lipinski definition) is 3. The highest BCUT2D eigenvalue weighted by Crippen LogP contribution is 2.37. The van der Waals surface area contributed by atoms with E-state index in [1.807, 2.05) is 60.7 Å². The van der Waals surface area contributed by atoms with Crippen LogP contribution < -0.4 is 10.1 Å². The predicted octanol–water partition coefficient (Wildman–Crippen LogP) is 6.41. The van der Waals surface area contributed by atoms with Gasteiger partial charge in [-0.1, -0.05) is 48.5 Å². The van der Waals surface area contributed by atoms with Gasteiger partial charge in [0, 0.05) is 28.1 Å². The average molecular weight is 471 g/mol. The zero-order valence-corrected chi connectivity index (χ0v) is 19.2. The second-order valence-electron chi connectivity index (χ2n) is 7.88. The fourth-order valence-electron chi connectivity index (χ4n) is 3.89. The van der Waals surface area contributed by atoms with Crippen molar-refractivity contribution in [2.24, 2.45) is 0 Å². The number of para-hydroxylation sites is 1. The Hall–Kier alpha value is -3.77. The van der Waals surface area contributed by atoms with Gasteiger partial charge in [0.2, 0.25) is 0 Å². The maximum atomic E-state index is 13.4. The summed E-state index contributed by atoms with van der Waals surface area (Å²) in [5.74, 6) is 0.942. The van der Waals surface area contributed by atoms with Crippen LogP contribution in [0.2, 0.25) is 0 Å². The Morgan fingerprint density at radius 3 is 2.53 bits per heavy atom. The molecule has 0 unspecified atom stereocenters. The minimum Gasteiger partial charge on any atom is -0.484 e. The highest BCUT2D eigenvalue weighted by atomic mass is 32.2. The molecule has 0 saturated carbocycles. The van der Waals surface area contributed by atoms with Crippen LogP contribution in [0, 0.1) is 5.82 Å². The summed E-state index contributed by atoms with van der Waals surface area (Å²) >= 11 is 1.66. The number of halogens is 1. The molecule has 1 heterocycles. The van der Waals surface area contributed by atoms with Crippen LogP contribution in [-0.4, -0.2) is 29.8 Å². The van der Waals surface area contributed by atoms with E-state index < -0.39 is 0 Å². The number of ether oxygens (including phenoxy) is 1. The van der Waals surface area contributed by atoms with E-state index in [0.717, 1.165) is 37.8 Å². The number of aromatic nitrogens is 1. The van der Waals surface area contributed by atoms with Crippen molar-refractivity contribution >= 4 is 39.3 Å². The molecule has 1 aromatic heterocycles. The molecule has 4 nitrogen and oxygen atoms in total. The maximum absolute atomic E-state index is 13.4. The van der Waals surface area contributed by atoms with Gasteiger partial charge in [0.1, 0.15) is 11.6 Å². The number of amides is 1. The fourth-order valence-corrected chi connectivity index (χ4v) is 4.94. The predicted molar refractivity (Wildman–Crippen MR) is 137 cm³/mol. The summed E-state index contributed by atoms with van der Waals surface area (Å²) in [6.07, 6.45) is 0. The lowest BCUT2D eigenvalue weighted by Crippen LogP contribution is -2.30. The van der Waals surface area contributed by atoms with Crippen molar-refractivity contribution in [2.45, 2.75) is 4.90 Å². The van der Waals surface area contributed by atoms with E-state index in [0.29, 0.717) is 18.0 Å². The summed E-state index contributed by atoms with van der Waals surface area (Å²) < 4.78 is 19.1. The zero-order valence-electron chi connectivity index (χ0n) is 18.4. The monoisotopic (exact) mass is 470 g/mol. The van der Waals surface area contributed by atoms with Crippen LogP contribution in [-0.2, 0) is 4.79 Å². The molecule has 6 heteroatoms. The lowest BCUT2D eigenvalue weighted by atomic mass is 10.1. The van der Waals surface area contributed by atoms with Gasteiger partial charge in [0.05, 0.1) is 5.69 Å². The van der Waals surface area contributed by atoms with E-state index in [1.165, 1.54) is 12.1 Å². The van der Waals surface area contributed by atoms with E-state index in [-0.39, 0.29) is 18.3 Å². The highest BCUT2D eigenvalue weighted by molar-refractivity contribution is 7.99. The van der Waals surface area contributed by atoms with Crippen LogP contribution in [0.15, 0.2) is 95.9 Å². The number of carbonyl (C=O) groups excluding carboxylic acids is 1. The molecule has 5 rings (SSSR count). The van der Waals surface area contributed by atoms with Crippen molar-refractivity contribution in [3.05, 3.63) is 96.8 Å². The van der Waals surface area contributed by atoms with Crippen molar-refractivity contribution in [3.8, 4) is 17.0 Å². The fraction of sp³-hybridized carbons (Fsp3) is 0.107. The average Bonchev–Trinajstić information content (AvgIpc) is 3.24. The Morgan fingerprint density at radius 1 is 0.912 bits per heavy atom. The van der Waals surface area contributed by atoms with Gasteiger partial charge in [-0.15, -0.1) is 11.8 Å². The standard InChI is InChI=1S/C28H23FN2O2S/c29-22-12-9-20(10-13-22)27-28(24-7-3-4-8-25(24)31-27)34-16-15-30-26(32)18-33-23-14-11-19-5-1-2-6-21(19)17-23/h1-14,17,31H,15-16,18H2,(H,30,32). The van der Waals surface area contributed by atoms with Gasteiger partial charge in [-0.25, -0.2) is 4.39 Å². The quantitative estimate of drug-likeness (QED) is 0.203. The van der Waals surface area contributed by atoms with Crippen molar-refractivity contribution in [3.63, 3.8) is 0 Å². The number of aromatic amines is 1. The third-order valence-corrected chi connectivity index (χ3v) is 6.67. The van der Waals surface area contributed by atoms with E-state index in [1.54, 1.807) is 23.9 Å². The summed E-state index contributed by atoms with van der Waals surface area (Å²) in [6, 6.07) is 28.4. The third kappa shape index (κ3) is 4.92. The molecule has 5 aromatic rings. The van der Waals surface area contributed by atoms with Crippen LogP contribution in [0.5, 0.6) is 5.75 Å². The molecule has 0 radical (unpaired) electrons. The minimum atomic E-state index is -0.261. The van der Waals surface area contributed by atoms with Crippen LogP contribution in [0.1, 0.15) is 0 Å². The van der Waals surface area contributed by atoms with Crippen molar-refractivity contribution in [2.75, 3.05) is 18.9 Å². The number of H-pyrrole nitrogens is 1. The molecule has 4 aromatic carbocycles. The van der Waals surface area contributed by atoms with Crippen molar-refractivity contribution in [1.29, 1.82) is 0 Å². The van der Waals surface area contributed by atoms with Gasteiger partial charge in [-0.3, -0.25) is 4.79 Å². The topological polar surface area (TPSA) is 54.1 Å². The number of rotatable bonds is 8. The molecule has 0 aliphatic heterocycles. The third-order valence-electron chi connectivity index (χ3n) is 5.55. The first kappa shape index (κ1) is 22.0. The molecule has 0 bridgehead atoms. The smallest absolute Gasteiger partial charge is 0.257 e. The Morgan fingerprint density at radius 2 is 1.68 bits per heavy atom. The second-order valence-corrected chi connectivity index (χ2v) is 8.98. The number of nitrogens with one attached hydrogen (secondary N) is 2. The molecule has 0 spiro atoms. The molecule has 0 saturated heterocycles. The van der Waals surface area contributed by atoms with Crippen molar-refractivity contribution < 1.29 is 13.9 Å². The first-order valence-electron chi connectivity index (χ1n) is 11.0. The van der Waals surface area contributed by atoms with Crippen LogP contribution in [0.3, 0.4) is 0 Å². The molecule has 170 valence electrons. The summed E-state index contributed by atoms with van der Waals surface area (Å²) in [4.78, 5) is 16.8. The lowest BCUT2D eigenvalue weighted by molar-refractivity contribution is -0.122. The molecule has 0 aliphatic rings. The van der Waals surface area contributed by atoms with E-state index in [4.69, 9.17) is 4.74 Å². The second kappa shape index (κ2) is 10.0. The molecule has 34 heavy (non-hydrogen) atoms. The van der Waals surface area contributed by atoms with Gasteiger partial charge in [-0.05, 0) is 58.8 Å². The molecule has 2 N–H and O–H groups in total. The van der Waals surface area contributed by atoms with Gasteiger partial charge in [0.15, 0.2) is 6.61 Å². The zero-order chi connectivity index (χ0) is 23.3. The summed E-state index contributed by atoms with van der Waals surface area (Å²) in [6.45, 7) is 0.476. The SMILES string of the molecule is O=C(COc1ccc2ccccc2c1)NCCSc1c(-c2ccc(F)cc2)[nH]c2ccccc12. The van der Waals surface area contributed by atoms with Crippen LogP contribution in [0.4, 0.5) is 4.39 Å². The van der Waals surface area contributed by atoms with Crippen LogP contribution in [0.25, 0.3) is 32.9 Å².